The van der Waals surface area contributed by atoms with Crippen molar-refractivity contribution in [1.82, 2.24) is 15.3 Å². The molecule has 0 aromatic carbocycles. The molecule has 1 atom stereocenters. The molecular formula is C10H16N4O2. The highest BCUT2D eigenvalue weighted by Gasteiger charge is 2.06. The van der Waals surface area contributed by atoms with Gasteiger partial charge in [-0.1, -0.05) is 6.92 Å². The third-order valence-electron chi connectivity index (χ3n) is 1.93. The molecule has 2 amide bonds. The molecule has 0 saturated heterocycles. The molecular weight excluding hydrogens is 208 g/mol. The van der Waals surface area contributed by atoms with Gasteiger partial charge in [0.1, 0.15) is 5.82 Å². The number of rotatable bonds is 4. The number of aliphatic hydroxyl groups is 1. The largest absolute Gasteiger partial charge is 0.394 e. The first-order valence-corrected chi connectivity index (χ1v) is 5.15. The molecule has 0 fully saturated rings. The van der Waals surface area contributed by atoms with Gasteiger partial charge < -0.3 is 15.7 Å². The van der Waals surface area contributed by atoms with Crippen LogP contribution in [0, 0.1) is 0 Å². The van der Waals surface area contributed by atoms with Crippen molar-refractivity contribution in [2.24, 2.45) is 0 Å². The second kappa shape index (κ2) is 6.02. The molecule has 0 aliphatic heterocycles. The minimum absolute atomic E-state index is 0.0985. The van der Waals surface area contributed by atoms with Crippen LogP contribution in [0.4, 0.5) is 10.5 Å². The quantitative estimate of drug-likeness (QED) is 0.696. The molecule has 1 heterocycles. The zero-order valence-electron chi connectivity index (χ0n) is 9.40. The molecule has 1 unspecified atom stereocenters. The number of carbonyl (C=O) groups is 1. The van der Waals surface area contributed by atoms with Crippen molar-refractivity contribution in [3.63, 3.8) is 0 Å². The minimum atomic E-state index is -0.380. The molecule has 0 aliphatic rings. The molecule has 0 aliphatic carbocycles. The highest BCUT2D eigenvalue weighted by atomic mass is 16.3. The van der Waals surface area contributed by atoms with Crippen molar-refractivity contribution in [3.05, 3.63) is 18.2 Å². The zero-order chi connectivity index (χ0) is 12.0. The lowest BCUT2D eigenvalue weighted by molar-refractivity contribution is 0.229. The molecule has 0 bridgehead atoms. The summed E-state index contributed by atoms with van der Waals surface area (Å²) in [4.78, 5) is 19.4. The van der Waals surface area contributed by atoms with Gasteiger partial charge in [0.15, 0.2) is 0 Å². The van der Waals surface area contributed by atoms with Crippen LogP contribution in [-0.4, -0.2) is 33.8 Å². The Labute approximate surface area is 94.1 Å². The summed E-state index contributed by atoms with van der Waals surface area (Å²) in [6.07, 6.45) is 3.86. The number of hydrogen-bond donors (Lipinski definition) is 3. The van der Waals surface area contributed by atoms with Gasteiger partial charge in [-0.2, -0.15) is 0 Å². The zero-order valence-corrected chi connectivity index (χ0v) is 9.40. The first-order valence-electron chi connectivity index (χ1n) is 5.15. The summed E-state index contributed by atoms with van der Waals surface area (Å²) in [7, 11) is 0. The van der Waals surface area contributed by atoms with Crippen LogP contribution in [0.5, 0.6) is 0 Å². The average molecular weight is 224 g/mol. The molecule has 0 spiro atoms. The molecule has 3 N–H and O–H groups in total. The van der Waals surface area contributed by atoms with Crippen LogP contribution in [0.1, 0.15) is 19.7 Å². The van der Waals surface area contributed by atoms with Gasteiger partial charge in [0.25, 0.3) is 0 Å². The van der Waals surface area contributed by atoms with Crippen molar-refractivity contribution < 1.29 is 9.90 Å². The lowest BCUT2D eigenvalue weighted by atomic mass is 10.4. The summed E-state index contributed by atoms with van der Waals surface area (Å²) in [6.45, 7) is 3.56. The lowest BCUT2D eigenvalue weighted by Crippen LogP contribution is -2.38. The number of carbonyl (C=O) groups excluding carboxylic acids is 1. The smallest absolute Gasteiger partial charge is 0.319 e. The fourth-order valence-corrected chi connectivity index (χ4v) is 1.04. The van der Waals surface area contributed by atoms with Crippen LogP contribution in [0.3, 0.4) is 0 Å². The number of nitrogens with one attached hydrogen (secondary N) is 2. The molecule has 1 rings (SSSR count). The first kappa shape index (κ1) is 12.4. The number of amides is 2. The highest BCUT2D eigenvalue weighted by molar-refractivity contribution is 5.88. The fourth-order valence-electron chi connectivity index (χ4n) is 1.04. The minimum Gasteiger partial charge on any atom is -0.394 e. The van der Waals surface area contributed by atoms with Gasteiger partial charge in [-0.05, 0) is 6.92 Å². The number of hydrogen-bond acceptors (Lipinski definition) is 4. The topological polar surface area (TPSA) is 87.1 Å². The number of aliphatic hydroxyl groups excluding tert-OH is 1. The molecule has 0 radical (unpaired) electrons. The van der Waals surface area contributed by atoms with Crippen LogP contribution in [0.25, 0.3) is 0 Å². The SMILES string of the molecule is CCc1ncc(NC(=O)NC(C)CO)cn1. The number of anilines is 1. The molecule has 1 aromatic rings. The Bertz CT molecular complexity index is 339. The Morgan fingerprint density at radius 2 is 2.12 bits per heavy atom. The molecule has 6 nitrogen and oxygen atoms in total. The number of aryl methyl sites for hydroxylation is 1. The fraction of sp³-hybridized carbons (Fsp3) is 0.500. The molecule has 88 valence electrons. The lowest BCUT2D eigenvalue weighted by Gasteiger charge is -2.11. The van der Waals surface area contributed by atoms with Crippen LogP contribution >= 0.6 is 0 Å². The van der Waals surface area contributed by atoms with E-state index in [1.54, 1.807) is 19.3 Å². The summed E-state index contributed by atoms with van der Waals surface area (Å²) >= 11 is 0. The Hall–Kier alpha value is -1.69. The van der Waals surface area contributed by atoms with Gasteiger partial charge in [-0.25, -0.2) is 14.8 Å². The van der Waals surface area contributed by atoms with E-state index >= 15 is 0 Å². The van der Waals surface area contributed by atoms with Crippen molar-refractivity contribution in [2.45, 2.75) is 26.3 Å². The van der Waals surface area contributed by atoms with Crippen LogP contribution < -0.4 is 10.6 Å². The van der Waals surface area contributed by atoms with Gasteiger partial charge in [-0.3, -0.25) is 0 Å². The van der Waals surface area contributed by atoms with Crippen LogP contribution in [-0.2, 0) is 6.42 Å². The second-order valence-corrected chi connectivity index (χ2v) is 3.42. The Morgan fingerprint density at radius 1 is 1.50 bits per heavy atom. The van der Waals surface area contributed by atoms with Gasteiger partial charge in [0, 0.05) is 6.42 Å². The van der Waals surface area contributed by atoms with Crippen molar-refractivity contribution >= 4 is 11.7 Å². The normalized spacial score (nSPS) is 11.9. The van der Waals surface area contributed by atoms with E-state index in [9.17, 15) is 4.79 Å². The maximum atomic E-state index is 11.3. The average Bonchev–Trinajstić information content (AvgIpc) is 2.29. The highest BCUT2D eigenvalue weighted by Crippen LogP contribution is 2.02. The maximum Gasteiger partial charge on any atom is 0.319 e. The first-order chi connectivity index (χ1) is 7.65. The maximum absolute atomic E-state index is 11.3. The van der Waals surface area contributed by atoms with E-state index < -0.39 is 0 Å². The van der Waals surface area contributed by atoms with Crippen molar-refractivity contribution in [1.29, 1.82) is 0 Å². The number of urea groups is 1. The second-order valence-electron chi connectivity index (χ2n) is 3.42. The van der Waals surface area contributed by atoms with Gasteiger partial charge in [0.2, 0.25) is 0 Å². The van der Waals surface area contributed by atoms with Gasteiger partial charge in [0.05, 0.1) is 30.7 Å². The third kappa shape index (κ3) is 3.82. The molecule has 0 saturated carbocycles. The monoisotopic (exact) mass is 224 g/mol. The Kier molecular flexibility index (Phi) is 4.65. The summed E-state index contributed by atoms with van der Waals surface area (Å²) < 4.78 is 0. The van der Waals surface area contributed by atoms with Crippen molar-refractivity contribution in [2.75, 3.05) is 11.9 Å². The molecule has 16 heavy (non-hydrogen) atoms. The molecule has 1 aromatic heterocycles. The Morgan fingerprint density at radius 3 is 2.62 bits per heavy atom. The van der Waals surface area contributed by atoms with Crippen LogP contribution in [0.2, 0.25) is 0 Å². The van der Waals surface area contributed by atoms with Gasteiger partial charge in [-0.15, -0.1) is 0 Å². The Balaban J connectivity index is 2.49. The summed E-state index contributed by atoms with van der Waals surface area (Å²) in [5.41, 5.74) is 0.528. The standard InChI is InChI=1S/C10H16N4O2/c1-3-9-11-4-8(5-12-9)14-10(16)13-7(2)6-15/h4-5,7,15H,3,6H2,1-2H3,(H2,13,14,16). The van der Waals surface area contributed by atoms with E-state index in [0.29, 0.717) is 5.69 Å². The van der Waals surface area contributed by atoms with E-state index in [-0.39, 0.29) is 18.7 Å². The van der Waals surface area contributed by atoms with Gasteiger partial charge >= 0.3 is 6.03 Å². The van der Waals surface area contributed by atoms with Crippen LogP contribution in [0.15, 0.2) is 12.4 Å². The summed E-state index contributed by atoms with van der Waals surface area (Å²) in [5, 5.41) is 13.9. The van der Waals surface area contributed by atoms with E-state index in [1.165, 1.54) is 0 Å². The predicted molar refractivity (Wildman–Crippen MR) is 60.1 cm³/mol. The van der Waals surface area contributed by atoms with E-state index in [0.717, 1.165) is 12.2 Å². The number of nitrogens with zero attached hydrogens (tertiary/aromatic N) is 2. The van der Waals surface area contributed by atoms with E-state index in [2.05, 4.69) is 20.6 Å². The third-order valence-corrected chi connectivity index (χ3v) is 1.93. The van der Waals surface area contributed by atoms with E-state index in [1.807, 2.05) is 6.92 Å². The summed E-state index contributed by atoms with van der Waals surface area (Å²) in [5.74, 6) is 0.731. The predicted octanol–water partition coefficient (Wildman–Crippen LogP) is 0.541. The van der Waals surface area contributed by atoms with E-state index in [4.69, 9.17) is 5.11 Å². The number of aromatic nitrogens is 2. The van der Waals surface area contributed by atoms with Crippen molar-refractivity contribution in [3.8, 4) is 0 Å². The summed E-state index contributed by atoms with van der Waals surface area (Å²) in [6, 6.07) is -0.662. The molecule has 6 heteroatoms.